The van der Waals surface area contributed by atoms with Gasteiger partial charge in [0.15, 0.2) is 0 Å². The summed E-state index contributed by atoms with van der Waals surface area (Å²) in [6.45, 7) is 4.76. The first-order valence-electron chi connectivity index (χ1n) is 23.2. The molecule has 0 amide bonds. The van der Waals surface area contributed by atoms with Crippen LogP contribution in [-0.2, 0) is 10.8 Å². The van der Waals surface area contributed by atoms with Crippen LogP contribution in [0.2, 0.25) is 0 Å². The molecule has 2 nitrogen and oxygen atoms in total. The molecule has 0 radical (unpaired) electrons. The fourth-order valence-corrected chi connectivity index (χ4v) is 12.5. The normalized spacial score (nSPS) is 14.2. The lowest BCUT2D eigenvalue weighted by atomic mass is 9.70. The molecule has 66 heavy (non-hydrogen) atoms. The second kappa shape index (κ2) is 13.7. The van der Waals surface area contributed by atoms with E-state index in [1.165, 1.54) is 111 Å². The van der Waals surface area contributed by atoms with E-state index in [1.807, 2.05) is 0 Å². The summed E-state index contributed by atoms with van der Waals surface area (Å²) >= 11 is 0. The SMILES string of the molecule is CC1(C)c2ccccc2-c2c(N(c3ccc(-c4ccc(-n5c6ccccc6c6ccccc65)cc4)cc3)c3cccc4c3C3(c5ccccc5-c5ccccc53)c3ccccc3-4)cccc21. The number of aromatic nitrogens is 1. The third-order valence-corrected chi connectivity index (χ3v) is 15.2. The van der Waals surface area contributed by atoms with Gasteiger partial charge in [0.1, 0.15) is 0 Å². The van der Waals surface area contributed by atoms with Crippen LogP contribution < -0.4 is 4.90 Å². The number of hydrogen-bond donors (Lipinski definition) is 0. The molecule has 0 saturated carbocycles. The fraction of sp³-hybridized carbons (Fsp3) is 0.0625. The molecular formula is C64H44N2. The zero-order chi connectivity index (χ0) is 43.7. The number of anilines is 3. The van der Waals surface area contributed by atoms with Crippen molar-refractivity contribution in [2.75, 3.05) is 4.90 Å². The molecule has 10 aromatic carbocycles. The lowest BCUT2D eigenvalue weighted by molar-refractivity contribution is 0.660. The lowest BCUT2D eigenvalue weighted by Crippen LogP contribution is -2.28. The van der Waals surface area contributed by atoms with Crippen LogP contribution in [0.4, 0.5) is 17.1 Å². The smallest absolute Gasteiger partial charge is 0.0746 e. The minimum absolute atomic E-state index is 0.151. The molecule has 0 atom stereocenters. The van der Waals surface area contributed by atoms with Crippen molar-refractivity contribution >= 4 is 38.9 Å². The van der Waals surface area contributed by atoms with Crippen LogP contribution in [0.15, 0.2) is 231 Å². The minimum Gasteiger partial charge on any atom is -0.310 e. The Bertz CT molecular complexity index is 3670. The molecule has 0 bridgehead atoms. The molecule has 1 heterocycles. The molecule has 1 aromatic heterocycles. The van der Waals surface area contributed by atoms with Crippen molar-refractivity contribution in [3.05, 3.63) is 264 Å². The zero-order valence-corrected chi connectivity index (χ0v) is 36.8. The highest BCUT2D eigenvalue weighted by molar-refractivity contribution is 6.09. The summed E-state index contributed by atoms with van der Waals surface area (Å²) < 4.78 is 2.39. The summed E-state index contributed by atoms with van der Waals surface area (Å²) in [6, 6.07) is 86.2. The predicted molar refractivity (Wildman–Crippen MR) is 275 cm³/mol. The van der Waals surface area contributed by atoms with E-state index in [1.54, 1.807) is 0 Å². The molecule has 14 rings (SSSR count). The summed E-state index contributed by atoms with van der Waals surface area (Å²) in [6.07, 6.45) is 0. The minimum atomic E-state index is -0.513. The van der Waals surface area contributed by atoms with Crippen LogP contribution >= 0.6 is 0 Å². The number of benzene rings is 10. The van der Waals surface area contributed by atoms with Crippen molar-refractivity contribution in [3.63, 3.8) is 0 Å². The number of rotatable bonds is 5. The monoisotopic (exact) mass is 840 g/mol. The van der Waals surface area contributed by atoms with Gasteiger partial charge in [-0.05, 0) is 115 Å². The third kappa shape index (κ3) is 4.85. The summed E-state index contributed by atoms with van der Waals surface area (Å²) in [5.41, 5.74) is 24.7. The fourth-order valence-electron chi connectivity index (χ4n) is 12.5. The molecule has 11 aromatic rings. The van der Waals surface area contributed by atoms with Gasteiger partial charge in [-0.1, -0.05) is 196 Å². The van der Waals surface area contributed by atoms with Gasteiger partial charge in [-0.15, -0.1) is 0 Å². The lowest BCUT2D eigenvalue weighted by Gasteiger charge is -2.36. The Hall–Kier alpha value is -8.20. The molecule has 1 spiro atoms. The van der Waals surface area contributed by atoms with Gasteiger partial charge in [0, 0.05) is 38.7 Å². The van der Waals surface area contributed by atoms with Gasteiger partial charge < -0.3 is 9.47 Å². The van der Waals surface area contributed by atoms with E-state index in [0.29, 0.717) is 0 Å². The van der Waals surface area contributed by atoms with Crippen molar-refractivity contribution in [2.24, 2.45) is 0 Å². The van der Waals surface area contributed by atoms with Gasteiger partial charge in [0.05, 0.1) is 27.8 Å². The van der Waals surface area contributed by atoms with E-state index in [4.69, 9.17) is 0 Å². The highest BCUT2D eigenvalue weighted by Gasteiger charge is 2.53. The Morgan fingerprint density at radius 3 is 1.39 bits per heavy atom. The van der Waals surface area contributed by atoms with Gasteiger partial charge in [-0.25, -0.2) is 0 Å². The van der Waals surface area contributed by atoms with Crippen LogP contribution in [-0.4, -0.2) is 4.57 Å². The van der Waals surface area contributed by atoms with Crippen molar-refractivity contribution in [1.82, 2.24) is 4.57 Å². The Kier molecular flexibility index (Phi) is 7.70. The summed E-state index contributed by atoms with van der Waals surface area (Å²) in [5.74, 6) is 0. The van der Waals surface area contributed by atoms with Crippen LogP contribution in [0.5, 0.6) is 0 Å². The van der Waals surface area contributed by atoms with Crippen LogP contribution in [0, 0.1) is 0 Å². The largest absolute Gasteiger partial charge is 0.310 e. The quantitative estimate of drug-likeness (QED) is 0.168. The van der Waals surface area contributed by atoms with Crippen molar-refractivity contribution in [3.8, 4) is 50.2 Å². The topological polar surface area (TPSA) is 8.17 Å². The Labute approximate surface area is 385 Å². The van der Waals surface area contributed by atoms with Crippen LogP contribution in [0.1, 0.15) is 47.2 Å². The Morgan fingerprint density at radius 1 is 0.348 bits per heavy atom. The molecule has 0 unspecified atom stereocenters. The van der Waals surface area contributed by atoms with Gasteiger partial charge in [-0.2, -0.15) is 0 Å². The first-order valence-corrected chi connectivity index (χ1v) is 23.2. The molecule has 2 heteroatoms. The van der Waals surface area contributed by atoms with Gasteiger partial charge in [-0.3, -0.25) is 0 Å². The van der Waals surface area contributed by atoms with E-state index in [9.17, 15) is 0 Å². The average Bonchev–Trinajstić information content (AvgIpc) is 4.05. The Balaban J connectivity index is 0.980. The summed E-state index contributed by atoms with van der Waals surface area (Å²) in [4.78, 5) is 2.59. The maximum Gasteiger partial charge on any atom is 0.0746 e. The first kappa shape index (κ1) is 37.2. The Morgan fingerprint density at radius 2 is 0.788 bits per heavy atom. The summed E-state index contributed by atoms with van der Waals surface area (Å²) in [5, 5.41) is 2.54. The molecule has 0 saturated heterocycles. The van der Waals surface area contributed by atoms with Crippen LogP contribution in [0.25, 0.3) is 72.0 Å². The standard InChI is InChI=1S/C64H44N2/c1-63(2)52-24-9-6-22-51(52)61-56(63)28-16-31-59(61)66(44-39-35-42(36-40-44)41-33-37-43(38-34-41)65-57-29-13-7-20-48(57)49-21-8-14-30-58(49)65)60-32-15-23-50-47-19-5-12-27-55(47)64(62(50)60)53-25-10-3-17-45(53)46-18-4-11-26-54(46)64/h3-40H,1-2H3. The number of para-hydroxylation sites is 2. The maximum absolute atomic E-state index is 2.59. The molecule has 3 aliphatic rings. The van der Waals surface area contributed by atoms with E-state index >= 15 is 0 Å². The van der Waals surface area contributed by atoms with Gasteiger partial charge in [0.2, 0.25) is 0 Å². The van der Waals surface area contributed by atoms with E-state index in [2.05, 4.69) is 254 Å². The molecule has 0 N–H and O–H groups in total. The second-order valence-electron chi connectivity index (χ2n) is 18.8. The molecular weight excluding hydrogens is 797 g/mol. The summed E-state index contributed by atoms with van der Waals surface area (Å²) in [7, 11) is 0. The van der Waals surface area contributed by atoms with Gasteiger partial charge >= 0.3 is 0 Å². The number of fused-ring (bicyclic) bond motifs is 16. The van der Waals surface area contributed by atoms with Crippen molar-refractivity contribution < 1.29 is 0 Å². The highest BCUT2D eigenvalue weighted by Crippen LogP contribution is 2.66. The predicted octanol–water partition coefficient (Wildman–Crippen LogP) is 16.6. The van der Waals surface area contributed by atoms with E-state index in [-0.39, 0.29) is 5.41 Å². The zero-order valence-electron chi connectivity index (χ0n) is 36.8. The average molecular weight is 841 g/mol. The third-order valence-electron chi connectivity index (χ3n) is 15.2. The molecule has 0 fully saturated rings. The van der Waals surface area contributed by atoms with Crippen LogP contribution in [0.3, 0.4) is 0 Å². The maximum atomic E-state index is 2.59. The van der Waals surface area contributed by atoms with Gasteiger partial charge in [0.25, 0.3) is 0 Å². The highest BCUT2D eigenvalue weighted by atomic mass is 15.2. The number of hydrogen-bond acceptors (Lipinski definition) is 1. The number of nitrogens with zero attached hydrogens (tertiary/aromatic N) is 2. The molecule has 3 aliphatic carbocycles. The second-order valence-corrected chi connectivity index (χ2v) is 18.8. The first-order chi connectivity index (χ1) is 32.5. The van der Waals surface area contributed by atoms with E-state index < -0.39 is 5.41 Å². The molecule has 310 valence electrons. The molecule has 0 aliphatic heterocycles. The van der Waals surface area contributed by atoms with Crippen molar-refractivity contribution in [1.29, 1.82) is 0 Å². The van der Waals surface area contributed by atoms with E-state index in [0.717, 1.165) is 11.4 Å². The van der Waals surface area contributed by atoms with Crippen molar-refractivity contribution in [2.45, 2.75) is 24.7 Å².